The van der Waals surface area contributed by atoms with Crippen molar-refractivity contribution < 1.29 is 4.79 Å². The highest BCUT2D eigenvalue weighted by Gasteiger charge is 2.00. The standard InChI is InChI=1S/C17H18O/c1-14(18)7-5-8-15-9-6-12-17(13-15)16-10-3-2-4-11-16/h2-4,6,9-13H,5,7-8H2,1H3. The number of hydrogen-bond donors (Lipinski definition) is 0. The third-order valence-electron chi connectivity index (χ3n) is 3.03. The Balaban J connectivity index is 2.08. The summed E-state index contributed by atoms with van der Waals surface area (Å²) < 4.78 is 0. The first-order valence-electron chi connectivity index (χ1n) is 6.39. The molecule has 0 saturated heterocycles. The van der Waals surface area contributed by atoms with E-state index in [1.807, 2.05) is 6.07 Å². The zero-order valence-corrected chi connectivity index (χ0v) is 10.7. The number of Topliss-reactive ketones (excluding diaryl/α,β-unsaturated/α-hetero) is 1. The van der Waals surface area contributed by atoms with Crippen molar-refractivity contribution in [3.8, 4) is 11.1 Å². The third-order valence-corrected chi connectivity index (χ3v) is 3.03. The van der Waals surface area contributed by atoms with Crippen molar-refractivity contribution in [1.82, 2.24) is 0 Å². The molecule has 0 N–H and O–H groups in total. The van der Waals surface area contributed by atoms with Gasteiger partial charge in [-0.1, -0.05) is 54.6 Å². The topological polar surface area (TPSA) is 17.1 Å². The molecule has 0 spiro atoms. The Bertz CT molecular complexity index is 514. The molecule has 0 fully saturated rings. The van der Waals surface area contributed by atoms with Crippen LogP contribution in [0.5, 0.6) is 0 Å². The summed E-state index contributed by atoms with van der Waals surface area (Å²) in [5.41, 5.74) is 3.79. The van der Waals surface area contributed by atoms with E-state index < -0.39 is 0 Å². The highest BCUT2D eigenvalue weighted by atomic mass is 16.1. The Morgan fingerprint density at radius 1 is 0.944 bits per heavy atom. The molecule has 1 nitrogen and oxygen atoms in total. The van der Waals surface area contributed by atoms with E-state index in [0.29, 0.717) is 6.42 Å². The molecule has 0 aliphatic rings. The van der Waals surface area contributed by atoms with Crippen molar-refractivity contribution in [2.75, 3.05) is 0 Å². The number of carbonyl (C=O) groups excluding carboxylic acids is 1. The predicted molar refractivity (Wildman–Crippen MR) is 75.5 cm³/mol. The Hall–Kier alpha value is -1.89. The number of benzene rings is 2. The van der Waals surface area contributed by atoms with Crippen LogP contribution >= 0.6 is 0 Å². The van der Waals surface area contributed by atoms with Gasteiger partial charge in [0.2, 0.25) is 0 Å². The Morgan fingerprint density at radius 2 is 1.67 bits per heavy atom. The molecule has 2 rings (SSSR count). The van der Waals surface area contributed by atoms with Crippen LogP contribution in [0.25, 0.3) is 11.1 Å². The highest BCUT2D eigenvalue weighted by Crippen LogP contribution is 2.20. The molecule has 0 saturated carbocycles. The Morgan fingerprint density at radius 3 is 2.39 bits per heavy atom. The monoisotopic (exact) mass is 238 g/mol. The van der Waals surface area contributed by atoms with Crippen LogP contribution in [0.2, 0.25) is 0 Å². The van der Waals surface area contributed by atoms with E-state index in [1.165, 1.54) is 16.7 Å². The van der Waals surface area contributed by atoms with Crippen molar-refractivity contribution in [1.29, 1.82) is 0 Å². The number of rotatable bonds is 5. The summed E-state index contributed by atoms with van der Waals surface area (Å²) in [7, 11) is 0. The molecular formula is C17H18O. The van der Waals surface area contributed by atoms with Gasteiger partial charge in [0.15, 0.2) is 0 Å². The molecule has 18 heavy (non-hydrogen) atoms. The highest BCUT2D eigenvalue weighted by molar-refractivity contribution is 5.75. The van der Waals surface area contributed by atoms with E-state index in [4.69, 9.17) is 0 Å². The summed E-state index contributed by atoms with van der Waals surface area (Å²) >= 11 is 0. The summed E-state index contributed by atoms with van der Waals surface area (Å²) in [4.78, 5) is 10.9. The maximum Gasteiger partial charge on any atom is 0.129 e. The van der Waals surface area contributed by atoms with Gasteiger partial charge in [-0.15, -0.1) is 0 Å². The second kappa shape index (κ2) is 6.15. The van der Waals surface area contributed by atoms with E-state index in [0.717, 1.165) is 12.8 Å². The molecule has 0 aliphatic carbocycles. The van der Waals surface area contributed by atoms with Gasteiger partial charge in [0, 0.05) is 6.42 Å². The number of hydrogen-bond acceptors (Lipinski definition) is 1. The third kappa shape index (κ3) is 3.56. The minimum Gasteiger partial charge on any atom is -0.300 e. The van der Waals surface area contributed by atoms with Crippen LogP contribution in [0, 0.1) is 0 Å². The molecular weight excluding hydrogens is 220 g/mol. The van der Waals surface area contributed by atoms with Gasteiger partial charge < -0.3 is 4.79 Å². The SMILES string of the molecule is CC(=O)CCCc1cccc(-c2ccccc2)c1. The van der Waals surface area contributed by atoms with Crippen LogP contribution in [-0.4, -0.2) is 5.78 Å². The Kier molecular flexibility index (Phi) is 4.30. The van der Waals surface area contributed by atoms with Gasteiger partial charge in [0.1, 0.15) is 5.78 Å². The lowest BCUT2D eigenvalue weighted by atomic mass is 10.0. The van der Waals surface area contributed by atoms with Gasteiger partial charge in [0.25, 0.3) is 0 Å². The summed E-state index contributed by atoms with van der Waals surface area (Å²) in [6.45, 7) is 1.65. The summed E-state index contributed by atoms with van der Waals surface area (Å²) in [6.07, 6.45) is 2.59. The largest absolute Gasteiger partial charge is 0.300 e. The van der Waals surface area contributed by atoms with Crippen LogP contribution in [0.3, 0.4) is 0 Å². The number of aryl methyl sites for hydroxylation is 1. The molecule has 0 heterocycles. The quantitative estimate of drug-likeness (QED) is 0.760. The van der Waals surface area contributed by atoms with Crippen molar-refractivity contribution in [2.24, 2.45) is 0 Å². The van der Waals surface area contributed by atoms with Gasteiger partial charge in [-0.2, -0.15) is 0 Å². The fourth-order valence-corrected chi connectivity index (χ4v) is 2.08. The van der Waals surface area contributed by atoms with Crippen molar-refractivity contribution in [2.45, 2.75) is 26.2 Å². The van der Waals surface area contributed by atoms with E-state index >= 15 is 0 Å². The average molecular weight is 238 g/mol. The second-order valence-electron chi connectivity index (χ2n) is 4.62. The minimum absolute atomic E-state index is 0.272. The van der Waals surface area contributed by atoms with E-state index in [9.17, 15) is 4.79 Å². The van der Waals surface area contributed by atoms with Crippen LogP contribution in [0.1, 0.15) is 25.3 Å². The molecule has 92 valence electrons. The second-order valence-corrected chi connectivity index (χ2v) is 4.62. The fourth-order valence-electron chi connectivity index (χ4n) is 2.08. The van der Waals surface area contributed by atoms with Crippen LogP contribution in [-0.2, 0) is 11.2 Å². The zero-order chi connectivity index (χ0) is 12.8. The molecule has 2 aromatic carbocycles. The van der Waals surface area contributed by atoms with Crippen LogP contribution < -0.4 is 0 Å². The molecule has 1 heteroatoms. The average Bonchev–Trinajstić information content (AvgIpc) is 2.40. The predicted octanol–water partition coefficient (Wildman–Crippen LogP) is 4.27. The molecule has 2 aromatic rings. The van der Waals surface area contributed by atoms with Crippen molar-refractivity contribution >= 4 is 5.78 Å². The van der Waals surface area contributed by atoms with E-state index in [2.05, 4.69) is 48.5 Å². The lowest BCUT2D eigenvalue weighted by Crippen LogP contribution is -1.92. The van der Waals surface area contributed by atoms with Crippen molar-refractivity contribution in [3.05, 3.63) is 60.2 Å². The first-order valence-corrected chi connectivity index (χ1v) is 6.39. The maximum atomic E-state index is 10.9. The number of carbonyl (C=O) groups is 1. The fraction of sp³-hybridized carbons (Fsp3) is 0.235. The molecule has 0 bridgehead atoms. The zero-order valence-electron chi connectivity index (χ0n) is 10.7. The summed E-state index contributed by atoms with van der Waals surface area (Å²) in [5.74, 6) is 0.272. The molecule has 0 unspecified atom stereocenters. The van der Waals surface area contributed by atoms with Crippen LogP contribution in [0.4, 0.5) is 0 Å². The van der Waals surface area contributed by atoms with Crippen molar-refractivity contribution in [3.63, 3.8) is 0 Å². The van der Waals surface area contributed by atoms with Gasteiger partial charge in [0.05, 0.1) is 0 Å². The maximum absolute atomic E-state index is 10.9. The smallest absolute Gasteiger partial charge is 0.129 e. The van der Waals surface area contributed by atoms with Gasteiger partial charge in [-0.05, 0) is 36.5 Å². The molecule has 0 radical (unpaired) electrons. The van der Waals surface area contributed by atoms with Gasteiger partial charge >= 0.3 is 0 Å². The minimum atomic E-state index is 0.272. The lowest BCUT2D eigenvalue weighted by Gasteiger charge is -2.05. The summed E-state index contributed by atoms with van der Waals surface area (Å²) in [6, 6.07) is 18.9. The lowest BCUT2D eigenvalue weighted by molar-refractivity contribution is -0.117. The Labute approximate surface area is 108 Å². The normalized spacial score (nSPS) is 10.3. The molecule has 0 amide bonds. The molecule has 0 atom stereocenters. The van der Waals surface area contributed by atoms with Gasteiger partial charge in [-0.25, -0.2) is 0 Å². The number of ketones is 1. The van der Waals surface area contributed by atoms with Crippen LogP contribution in [0.15, 0.2) is 54.6 Å². The van der Waals surface area contributed by atoms with E-state index in [-0.39, 0.29) is 5.78 Å². The summed E-state index contributed by atoms with van der Waals surface area (Å²) in [5, 5.41) is 0. The van der Waals surface area contributed by atoms with Gasteiger partial charge in [-0.3, -0.25) is 0 Å². The molecule has 0 aromatic heterocycles. The first kappa shape index (κ1) is 12.6. The first-order chi connectivity index (χ1) is 8.75. The molecule has 0 aliphatic heterocycles. The van der Waals surface area contributed by atoms with E-state index in [1.54, 1.807) is 6.92 Å².